The molecule has 5 heteroatoms. The number of carbonyl (C=O) groups is 2. The van der Waals surface area contributed by atoms with Crippen molar-refractivity contribution in [1.82, 2.24) is 9.80 Å². The average molecular weight is 349 g/mol. The summed E-state index contributed by atoms with van der Waals surface area (Å²) < 4.78 is 0. The molecule has 1 atom stereocenters. The second kappa shape index (κ2) is 7.11. The van der Waals surface area contributed by atoms with E-state index in [1.54, 1.807) is 11.8 Å². The molecule has 1 saturated heterocycles. The smallest absolute Gasteiger partial charge is 0.246 e. The third-order valence-corrected chi connectivity index (χ3v) is 7.01. The Bertz CT molecular complexity index is 507. The molecule has 2 saturated carbocycles. The van der Waals surface area contributed by atoms with Gasteiger partial charge < -0.3 is 9.80 Å². The fourth-order valence-electron chi connectivity index (χ4n) is 4.30. The van der Waals surface area contributed by atoms with Crippen LogP contribution in [0.1, 0.15) is 44.9 Å². The van der Waals surface area contributed by atoms with Crippen LogP contribution < -0.4 is 0 Å². The molecule has 0 radical (unpaired) electrons. The van der Waals surface area contributed by atoms with Gasteiger partial charge in [-0.1, -0.05) is 12.2 Å². The number of amides is 2. The van der Waals surface area contributed by atoms with E-state index >= 15 is 0 Å². The molecule has 2 amide bonds. The molecular weight excluding hydrogens is 320 g/mol. The highest BCUT2D eigenvalue weighted by molar-refractivity contribution is 7.99. The molecule has 4 aliphatic rings. The first-order chi connectivity index (χ1) is 11.7. The Balaban J connectivity index is 1.26. The van der Waals surface area contributed by atoms with Crippen LogP contribution in [0.15, 0.2) is 12.2 Å². The Morgan fingerprint density at radius 2 is 1.75 bits per heavy atom. The minimum absolute atomic E-state index is 0.132. The number of nitrogens with zero attached hydrogens (tertiary/aromatic N) is 2. The van der Waals surface area contributed by atoms with Gasteiger partial charge in [0.05, 0.1) is 5.88 Å². The van der Waals surface area contributed by atoms with E-state index in [0.29, 0.717) is 25.4 Å². The average Bonchev–Trinajstić information content (AvgIpc) is 3.50. The van der Waals surface area contributed by atoms with E-state index in [4.69, 9.17) is 0 Å². The first-order valence-electron chi connectivity index (χ1n) is 9.55. The SMILES string of the molecule is O=C(C1CSCN1C(=O)CCCC(C1CC1)C1CC1)N1CC=CC1. The third-order valence-electron chi connectivity index (χ3n) is 6.00. The maximum atomic E-state index is 12.7. The summed E-state index contributed by atoms with van der Waals surface area (Å²) >= 11 is 1.71. The van der Waals surface area contributed by atoms with Crippen molar-refractivity contribution in [3.63, 3.8) is 0 Å². The van der Waals surface area contributed by atoms with Crippen LogP contribution in [0.3, 0.4) is 0 Å². The van der Waals surface area contributed by atoms with Gasteiger partial charge >= 0.3 is 0 Å². The number of carbonyl (C=O) groups excluding carboxylic acids is 2. The standard InChI is InChI=1S/C19H28N2O2S/c22-18(5-3-4-16(14-6-7-14)15-8-9-15)21-13-24-12-17(21)19(23)20-10-1-2-11-20/h1-2,14-17H,3-13H2. The molecule has 0 bridgehead atoms. The number of hydrogen-bond acceptors (Lipinski definition) is 3. The van der Waals surface area contributed by atoms with Crippen molar-refractivity contribution in [2.75, 3.05) is 24.7 Å². The zero-order valence-electron chi connectivity index (χ0n) is 14.4. The molecule has 0 N–H and O–H groups in total. The van der Waals surface area contributed by atoms with Gasteiger partial charge in [-0.3, -0.25) is 9.59 Å². The molecule has 4 nitrogen and oxygen atoms in total. The first-order valence-corrected chi connectivity index (χ1v) is 10.7. The molecule has 0 aromatic rings. The lowest BCUT2D eigenvalue weighted by atomic mass is 9.92. The fraction of sp³-hybridized carbons (Fsp3) is 0.789. The molecule has 0 aromatic heterocycles. The summed E-state index contributed by atoms with van der Waals surface area (Å²) in [5.41, 5.74) is 0. The van der Waals surface area contributed by atoms with Crippen molar-refractivity contribution in [2.45, 2.75) is 51.0 Å². The monoisotopic (exact) mass is 348 g/mol. The second-order valence-electron chi connectivity index (χ2n) is 7.82. The van der Waals surface area contributed by atoms with Gasteiger partial charge in [0.25, 0.3) is 0 Å². The van der Waals surface area contributed by atoms with Gasteiger partial charge in [-0.25, -0.2) is 0 Å². The first kappa shape index (κ1) is 16.5. The molecule has 4 rings (SSSR count). The van der Waals surface area contributed by atoms with E-state index in [-0.39, 0.29) is 17.9 Å². The fourth-order valence-corrected chi connectivity index (χ4v) is 5.47. The van der Waals surface area contributed by atoms with Crippen molar-refractivity contribution in [1.29, 1.82) is 0 Å². The van der Waals surface area contributed by atoms with Gasteiger partial charge in [0.1, 0.15) is 6.04 Å². The predicted octanol–water partition coefficient (Wildman–Crippen LogP) is 2.89. The summed E-state index contributed by atoms with van der Waals surface area (Å²) in [6, 6.07) is -0.231. The van der Waals surface area contributed by atoms with E-state index < -0.39 is 0 Å². The van der Waals surface area contributed by atoms with Gasteiger partial charge in [0, 0.05) is 25.3 Å². The van der Waals surface area contributed by atoms with Crippen LogP contribution in [-0.2, 0) is 9.59 Å². The lowest BCUT2D eigenvalue weighted by Crippen LogP contribution is -2.48. The number of rotatable bonds is 7. The highest BCUT2D eigenvalue weighted by Gasteiger charge is 2.41. The lowest BCUT2D eigenvalue weighted by molar-refractivity contribution is -0.142. The van der Waals surface area contributed by atoms with Crippen LogP contribution in [0.25, 0.3) is 0 Å². The molecule has 2 heterocycles. The van der Waals surface area contributed by atoms with Crippen molar-refractivity contribution in [3.8, 4) is 0 Å². The second-order valence-corrected chi connectivity index (χ2v) is 8.82. The predicted molar refractivity (Wildman–Crippen MR) is 96.5 cm³/mol. The van der Waals surface area contributed by atoms with Crippen LogP contribution in [0.5, 0.6) is 0 Å². The molecule has 1 unspecified atom stereocenters. The van der Waals surface area contributed by atoms with Crippen molar-refractivity contribution in [2.24, 2.45) is 17.8 Å². The van der Waals surface area contributed by atoms with Crippen LogP contribution in [0.2, 0.25) is 0 Å². The molecule has 3 fully saturated rings. The van der Waals surface area contributed by atoms with E-state index in [0.717, 1.165) is 29.9 Å². The van der Waals surface area contributed by atoms with Gasteiger partial charge in [-0.05, 0) is 56.3 Å². The number of hydrogen-bond donors (Lipinski definition) is 0. The van der Waals surface area contributed by atoms with Crippen LogP contribution >= 0.6 is 11.8 Å². The van der Waals surface area contributed by atoms with Gasteiger partial charge in [-0.2, -0.15) is 0 Å². The quantitative estimate of drug-likeness (QED) is 0.664. The molecule has 0 aromatic carbocycles. The summed E-state index contributed by atoms with van der Waals surface area (Å²) in [7, 11) is 0. The molecule has 0 spiro atoms. The summed E-state index contributed by atoms with van der Waals surface area (Å²) in [6.45, 7) is 1.40. The summed E-state index contributed by atoms with van der Waals surface area (Å²) in [6.07, 6.45) is 12.6. The van der Waals surface area contributed by atoms with E-state index in [9.17, 15) is 9.59 Å². The Labute approximate surface area is 149 Å². The van der Waals surface area contributed by atoms with Crippen molar-refractivity contribution in [3.05, 3.63) is 12.2 Å². The highest BCUT2D eigenvalue weighted by atomic mass is 32.2. The topological polar surface area (TPSA) is 40.6 Å². The van der Waals surface area contributed by atoms with E-state index in [1.807, 2.05) is 22.0 Å². The zero-order chi connectivity index (χ0) is 16.5. The molecule has 132 valence electrons. The Kier molecular flexibility index (Phi) is 4.88. The van der Waals surface area contributed by atoms with Crippen LogP contribution in [0, 0.1) is 17.8 Å². The normalized spacial score (nSPS) is 26.6. The summed E-state index contributed by atoms with van der Waals surface area (Å²) in [5, 5.41) is 0. The van der Waals surface area contributed by atoms with E-state index in [2.05, 4.69) is 0 Å². The maximum absolute atomic E-state index is 12.7. The Morgan fingerprint density at radius 3 is 2.38 bits per heavy atom. The van der Waals surface area contributed by atoms with Gasteiger partial charge in [0.15, 0.2) is 0 Å². The van der Waals surface area contributed by atoms with Crippen LogP contribution in [0.4, 0.5) is 0 Å². The van der Waals surface area contributed by atoms with Crippen LogP contribution in [-0.4, -0.2) is 52.4 Å². The molecule has 24 heavy (non-hydrogen) atoms. The third kappa shape index (κ3) is 3.66. The minimum atomic E-state index is -0.231. The minimum Gasteiger partial charge on any atom is -0.333 e. The number of thioether (sulfide) groups is 1. The van der Waals surface area contributed by atoms with Crippen molar-refractivity contribution < 1.29 is 9.59 Å². The lowest BCUT2D eigenvalue weighted by Gasteiger charge is -2.27. The summed E-state index contributed by atoms with van der Waals surface area (Å²) in [5.74, 6) is 4.58. The Morgan fingerprint density at radius 1 is 1.08 bits per heavy atom. The molecular formula is C19H28N2O2S. The van der Waals surface area contributed by atoms with E-state index in [1.165, 1.54) is 32.1 Å². The maximum Gasteiger partial charge on any atom is 0.246 e. The Hall–Kier alpha value is -0.970. The molecule has 2 aliphatic heterocycles. The van der Waals surface area contributed by atoms with Crippen molar-refractivity contribution >= 4 is 23.6 Å². The largest absolute Gasteiger partial charge is 0.333 e. The molecule has 2 aliphatic carbocycles. The van der Waals surface area contributed by atoms with Gasteiger partial charge in [-0.15, -0.1) is 11.8 Å². The highest BCUT2D eigenvalue weighted by Crippen LogP contribution is 2.51. The summed E-state index contributed by atoms with van der Waals surface area (Å²) in [4.78, 5) is 29.0. The van der Waals surface area contributed by atoms with Gasteiger partial charge in [0.2, 0.25) is 11.8 Å². The zero-order valence-corrected chi connectivity index (χ0v) is 15.2.